The van der Waals surface area contributed by atoms with E-state index in [-0.39, 0.29) is 6.17 Å². The Labute approximate surface area is 194 Å². The van der Waals surface area contributed by atoms with Crippen molar-refractivity contribution in [3.8, 4) is 0 Å². The number of amidine groups is 1. The maximum Gasteiger partial charge on any atom is 0.146 e. The first-order valence-electron chi connectivity index (χ1n) is 12.1. The number of aromatic nitrogens is 2. The van der Waals surface area contributed by atoms with Crippen molar-refractivity contribution in [2.45, 2.75) is 63.3 Å². The number of nitrogens with one attached hydrogen (secondary N) is 2. The first kappa shape index (κ1) is 22.0. The van der Waals surface area contributed by atoms with Gasteiger partial charge in [-0.25, -0.2) is 15.4 Å². The molecule has 2 aromatic heterocycles. The number of pyridine rings is 2. The van der Waals surface area contributed by atoms with Crippen molar-refractivity contribution in [1.82, 2.24) is 20.8 Å². The number of ether oxygens (including phenoxy) is 1. The molecule has 0 radical (unpaired) electrons. The number of rotatable bonds is 7. The van der Waals surface area contributed by atoms with Gasteiger partial charge in [-0.3, -0.25) is 4.98 Å². The summed E-state index contributed by atoms with van der Waals surface area (Å²) in [6, 6.07) is 8.07. The smallest absolute Gasteiger partial charge is 0.146 e. The van der Waals surface area contributed by atoms with Gasteiger partial charge in [0.25, 0.3) is 0 Å². The van der Waals surface area contributed by atoms with E-state index in [0.29, 0.717) is 24.5 Å². The van der Waals surface area contributed by atoms with Crippen LogP contribution in [0.25, 0.3) is 0 Å². The number of hydrazine groups is 1. The molecule has 33 heavy (non-hydrogen) atoms. The zero-order valence-electron chi connectivity index (χ0n) is 18.9. The highest BCUT2D eigenvalue weighted by Gasteiger charge is 2.27. The van der Waals surface area contributed by atoms with E-state index in [0.717, 1.165) is 80.7 Å². The van der Waals surface area contributed by atoms with E-state index in [1.54, 1.807) is 12.4 Å². The first-order chi connectivity index (χ1) is 16.3. The number of carbonyl (C=O) groups excluding carboxylic acids is 1. The van der Waals surface area contributed by atoms with Gasteiger partial charge < -0.3 is 19.9 Å². The predicted molar refractivity (Wildman–Crippen MR) is 127 cm³/mol. The maximum atomic E-state index is 10.7. The minimum atomic E-state index is -0.164. The summed E-state index contributed by atoms with van der Waals surface area (Å²) < 4.78 is 6.41. The minimum Gasteiger partial charge on any atom is -0.375 e. The molecule has 1 aliphatic carbocycles. The fourth-order valence-corrected chi connectivity index (χ4v) is 5.02. The molecule has 1 atom stereocenters. The van der Waals surface area contributed by atoms with Crippen LogP contribution in [-0.2, 0) is 9.53 Å². The van der Waals surface area contributed by atoms with Crippen LogP contribution in [-0.4, -0.2) is 47.4 Å². The molecule has 2 N–H and O–H groups in total. The van der Waals surface area contributed by atoms with Crippen molar-refractivity contribution < 1.29 is 9.53 Å². The van der Waals surface area contributed by atoms with Crippen LogP contribution in [0.15, 0.2) is 47.8 Å². The second-order valence-corrected chi connectivity index (χ2v) is 9.21. The lowest BCUT2D eigenvalue weighted by Crippen LogP contribution is -2.39. The van der Waals surface area contributed by atoms with Gasteiger partial charge in [0.05, 0.1) is 12.2 Å². The highest BCUT2D eigenvalue weighted by molar-refractivity contribution is 5.99. The highest BCUT2D eigenvalue weighted by atomic mass is 16.5. The molecule has 2 aromatic rings. The van der Waals surface area contributed by atoms with Gasteiger partial charge in [-0.2, -0.15) is 0 Å². The van der Waals surface area contributed by atoms with E-state index in [9.17, 15) is 4.79 Å². The number of piperidine rings is 1. The molecule has 0 bridgehead atoms. The van der Waals surface area contributed by atoms with E-state index < -0.39 is 0 Å². The lowest BCUT2D eigenvalue weighted by Gasteiger charge is -2.36. The van der Waals surface area contributed by atoms with Crippen molar-refractivity contribution in [3.05, 3.63) is 54.0 Å². The van der Waals surface area contributed by atoms with Crippen LogP contribution in [0.3, 0.4) is 0 Å². The van der Waals surface area contributed by atoms with Gasteiger partial charge in [0, 0.05) is 49.2 Å². The van der Waals surface area contributed by atoms with Crippen molar-refractivity contribution in [2.75, 3.05) is 18.0 Å². The van der Waals surface area contributed by atoms with E-state index in [4.69, 9.17) is 14.7 Å². The van der Waals surface area contributed by atoms with Crippen molar-refractivity contribution in [1.29, 1.82) is 0 Å². The molecule has 8 nitrogen and oxygen atoms in total. The molecule has 1 saturated carbocycles. The fourth-order valence-electron chi connectivity index (χ4n) is 5.02. The molecule has 174 valence electrons. The number of hydrogen-bond acceptors (Lipinski definition) is 8. The topological polar surface area (TPSA) is 91.7 Å². The highest BCUT2D eigenvalue weighted by Crippen LogP contribution is 2.30. The Bertz CT molecular complexity index is 935. The van der Waals surface area contributed by atoms with Crippen LogP contribution in [0, 0.1) is 5.92 Å². The second-order valence-electron chi connectivity index (χ2n) is 9.21. The molecule has 2 fully saturated rings. The lowest BCUT2D eigenvalue weighted by atomic mass is 9.85. The summed E-state index contributed by atoms with van der Waals surface area (Å²) in [5, 5.41) is 0. The van der Waals surface area contributed by atoms with Crippen molar-refractivity contribution in [3.63, 3.8) is 0 Å². The average molecular weight is 449 g/mol. The maximum absolute atomic E-state index is 10.7. The van der Waals surface area contributed by atoms with Crippen molar-refractivity contribution in [2.24, 2.45) is 10.9 Å². The van der Waals surface area contributed by atoms with Gasteiger partial charge in [0.1, 0.15) is 24.1 Å². The normalized spacial score (nSPS) is 26.0. The lowest BCUT2D eigenvalue weighted by molar-refractivity contribution is -0.109. The molecule has 0 aromatic carbocycles. The Morgan fingerprint density at radius 1 is 1.03 bits per heavy atom. The molecule has 5 rings (SSSR count). The molecule has 2 aliphatic heterocycles. The number of carbonyl (C=O) groups is 1. The summed E-state index contributed by atoms with van der Waals surface area (Å²) in [6.07, 6.45) is 14.3. The summed E-state index contributed by atoms with van der Waals surface area (Å²) in [5.74, 6) is 2.37. The van der Waals surface area contributed by atoms with Gasteiger partial charge in [0.15, 0.2) is 0 Å². The van der Waals surface area contributed by atoms with Crippen LogP contribution in [0.2, 0.25) is 0 Å². The number of aliphatic imine (C=N–C) groups is 1. The number of hydrogen-bond donors (Lipinski definition) is 2. The molecular formula is C25H32N6O2. The van der Waals surface area contributed by atoms with E-state index in [1.165, 1.54) is 0 Å². The summed E-state index contributed by atoms with van der Waals surface area (Å²) in [7, 11) is 0. The summed E-state index contributed by atoms with van der Waals surface area (Å²) >= 11 is 0. The largest absolute Gasteiger partial charge is 0.375 e. The van der Waals surface area contributed by atoms with E-state index >= 15 is 0 Å². The van der Waals surface area contributed by atoms with Crippen LogP contribution in [0.5, 0.6) is 0 Å². The zero-order valence-corrected chi connectivity index (χ0v) is 18.9. The van der Waals surface area contributed by atoms with Crippen LogP contribution >= 0.6 is 0 Å². The second kappa shape index (κ2) is 10.4. The quantitative estimate of drug-likeness (QED) is 0.629. The minimum absolute atomic E-state index is 0.164. The molecule has 4 heterocycles. The molecule has 0 amide bonds. The Morgan fingerprint density at radius 2 is 1.85 bits per heavy atom. The fraction of sp³-hybridized carbons (Fsp3) is 0.520. The van der Waals surface area contributed by atoms with Crippen LogP contribution in [0.1, 0.15) is 62.2 Å². The standard InChI is InChI=1S/C25H32N6O2/c32-15-11-18-3-6-21(7-4-18)33-22-9-13-31(14-10-22)23-8-5-20(17-27-23)25-28-24(29-30-25)19-2-1-12-26-16-19/h1-2,5,8,12,15-18,21-22,25,30H,3-4,6-7,9-11,13-14H2,(H,28,29). The number of aldehydes is 1. The monoisotopic (exact) mass is 448 g/mol. The Morgan fingerprint density at radius 3 is 2.55 bits per heavy atom. The van der Waals surface area contributed by atoms with E-state index in [2.05, 4.69) is 32.9 Å². The Balaban J connectivity index is 1.10. The van der Waals surface area contributed by atoms with Crippen LogP contribution in [0.4, 0.5) is 5.82 Å². The molecule has 1 unspecified atom stereocenters. The molecule has 3 aliphatic rings. The van der Waals surface area contributed by atoms with Crippen molar-refractivity contribution >= 4 is 17.9 Å². The summed E-state index contributed by atoms with van der Waals surface area (Å²) in [6.45, 7) is 1.92. The Hall–Kier alpha value is -2.84. The molecular weight excluding hydrogens is 416 g/mol. The van der Waals surface area contributed by atoms with Crippen LogP contribution < -0.4 is 15.8 Å². The molecule has 0 spiro atoms. The van der Waals surface area contributed by atoms with E-state index in [1.807, 2.05) is 18.3 Å². The molecule has 8 heteroatoms. The third kappa shape index (κ3) is 5.39. The van der Waals surface area contributed by atoms with Gasteiger partial charge in [-0.15, -0.1) is 0 Å². The van der Waals surface area contributed by atoms with Gasteiger partial charge in [0.2, 0.25) is 0 Å². The first-order valence-corrected chi connectivity index (χ1v) is 12.1. The average Bonchev–Trinajstić information content (AvgIpc) is 3.37. The van der Waals surface area contributed by atoms with Gasteiger partial charge >= 0.3 is 0 Å². The zero-order chi connectivity index (χ0) is 22.5. The third-order valence-electron chi connectivity index (χ3n) is 6.98. The SMILES string of the molecule is O=CCC1CCC(OC2CCN(c3ccc(C4N=C(c5cccnc5)NN4)cn3)CC2)CC1. The molecule has 1 saturated heterocycles. The predicted octanol–water partition coefficient (Wildman–Crippen LogP) is 3.16. The third-order valence-corrected chi connectivity index (χ3v) is 6.98. The van der Waals surface area contributed by atoms with Gasteiger partial charge in [-0.05, 0) is 62.6 Å². The summed E-state index contributed by atoms with van der Waals surface area (Å²) in [4.78, 5) is 26.6. The number of anilines is 1. The summed E-state index contributed by atoms with van der Waals surface area (Å²) in [5.41, 5.74) is 8.32. The Kier molecular flexibility index (Phi) is 6.92. The number of nitrogens with zero attached hydrogens (tertiary/aromatic N) is 4. The van der Waals surface area contributed by atoms with Gasteiger partial charge in [-0.1, -0.05) is 6.07 Å².